The molecule has 90 valence electrons. The average Bonchev–Trinajstić information content (AvgIpc) is 2.59. The smallest absolute Gasteiger partial charge is 0.202 e. The highest BCUT2D eigenvalue weighted by Gasteiger charge is 2.33. The van der Waals surface area contributed by atoms with Gasteiger partial charge in [0.05, 0.1) is 13.2 Å². The summed E-state index contributed by atoms with van der Waals surface area (Å²) in [6.45, 7) is 11.2. The van der Waals surface area contributed by atoms with Gasteiger partial charge in [0.2, 0.25) is 5.13 Å². The van der Waals surface area contributed by atoms with Gasteiger partial charge in [-0.05, 0) is 0 Å². The molecule has 1 saturated heterocycles. The molecule has 0 radical (unpaired) electrons. The molecular weight excluding hydrogens is 222 g/mol. The van der Waals surface area contributed by atoms with Crippen LogP contribution >= 0.6 is 11.5 Å². The maximum atomic E-state index is 5.21. The third-order valence-corrected chi connectivity index (χ3v) is 3.34. The number of anilines is 1. The molecule has 1 aromatic heterocycles. The Hall–Kier alpha value is -0.680. The van der Waals surface area contributed by atoms with E-state index in [-0.39, 0.29) is 10.8 Å². The van der Waals surface area contributed by atoms with Crippen molar-refractivity contribution >= 4 is 16.7 Å². The van der Waals surface area contributed by atoms with Crippen LogP contribution in [-0.2, 0) is 10.2 Å². The second-order valence-corrected chi connectivity index (χ2v) is 6.58. The first kappa shape index (κ1) is 11.8. The van der Waals surface area contributed by atoms with Gasteiger partial charge in [0.1, 0.15) is 5.82 Å². The first-order valence-corrected chi connectivity index (χ1v) is 6.32. The van der Waals surface area contributed by atoms with Gasteiger partial charge in [-0.1, -0.05) is 27.7 Å². The van der Waals surface area contributed by atoms with Crippen LogP contribution in [0.15, 0.2) is 0 Å². The molecule has 0 bridgehead atoms. The predicted molar refractivity (Wildman–Crippen MR) is 66.0 cm³/mol. The number of nitrogens with one attached hydrogen (secondary N) is 1. The van der Waals surface area contributed by atoms with Crippen molar-refractivity contribution in [2.75, 3.05) is 25.1 Å². The van der Waals surface area contributed by atoms with E-state index in [2.05, 4.69) is 42.4 Å². The highest BCUT2D eigenvalue weighted by atomic mass is 32.1. The third-order valence-electron chi connectivity index (χ3n) is 2.66. The van der Waals surface area contributed by atoms with Crippen molar-refractivity contribution in [3.05, 3.63) is 5.82 Å². The molecular formula is C11H19N3OS. The molecule has 5 heteroatoms. The zero-order valence-electron chi connectivity index (χ0n) is 10.3. The SMILES string of the molecule is CC1(CNc2nc(C(C)(C)C)ns2)COC1. The van der Waals surface area contributed by atoms with Crippen molar-refractivity contribution in [2.24, 2.45) is 5.41 Å². The molecule has 0 unspecified atom stereocenters. The summed E-state index contributed by atoms with van der Waals surface area (Å²) in [5.74, 6) is 0.912. The number of rotatable bonds is 3. The van der Waals surface area contributed by atoms with Gasteiger partial charge in [0.15, 0.2) is 0 Å². The van der Waals surface area contributed by atoms with Gasteiger partial charge in [-0.3, -0.25) is 0 Å². The Morgan fingerprint density at radius 3 is 2.56 bits per heavy atom. The molecule has 0 amide bonds. The summed E-state index contributed by atoms with van der Waals surface area (Å²) in [6, 6.07) is 0. The summed E-state index contributed by atoms with van der Waals surface area (Å²) in [6.07, 6.45) is 0. The van der Waals surface area contributed by atoms with E-state index in [4.69, 9.17) is 4.74 Å². The summed E-state index contributed by atoms with van der Waals surface area (Å²) in [4.78, 5) is 4.50. The molecule has 1 aliphatic heterocycles. The van der Waals surface area contributed by atoms with E-state index in [1.54, 1.807) is 0 Å². The maximum absolute atomic E-state index is 5.21. The van der Waals surface area contributed by atoms with Gasteiger partial charge in [-0.25, -0.2) is 4.98 Å². The zero-order chi connectivity index (χ0) is 11.8. The molecule has 1 N–H and O–H groups in total. The minimum absolute atomic E-state index is 0.0277. The van der Waals surface area contributed by atoms with Crippen molar-refractivity contribution in [2.45, 2.75) is 33.1 Å². The van der Waals surface area contributed by atoms with Gasteiger partial charge in [0.25, 0.3) is 0 Å². The molecule has 1 aliphatic rings. The number of aromatic nitrogens is 2. The lowest BCUT2D eigenvalue weighted by atomic mass is 9.89. The maximum Gasteiger partial charge on any atom is 0.202 e. The molecule has 2 heterocycles. The number of hydrogen-bond acceptors (Lipinski definition) is 5. The van der Waals surface area contributed by atoms with Gasteiger partial charge >= 0.3 is 0 Å². The Balaban J connectivity index is 1.93. The number of nitrogens with zero attached hydrogens (tertiary/aromatic N) is 2. The minimum atomic E-state index is 0.0277. The van der Waals surface area contributed by atoms with Gasteiger partial charge in [-0.15, -0.1) is 0 Å². The van der Waals surface area contributed by atoms with Crippen LogP contribution in [0.25, 0.3) is 0 Å². The first-order valence-electron chi connectivity index (χ1n) is 5.55. The minimum Gasteiger partial charge on any atom is -0.380 e. The average molecular weight is 241 g/mol. The molecule has 16 heavy (non-hydrogen) atoms. The molecule has 0 atom stereocenters. The third kappa shape index (κ3) is 2.52. The zero-order valence-corrected chi connectivity index (χ0v) is 11.1. The van der Waals surface area contributed by atoms with Crippen LogP contribution in [0.3, 0.4) is 0 Å². The summed E-state index contributed by atoms with van der Waals surface area (Å²) < 4.78 is 9.58. The van der Waals surface area contributed by atoms with Crippen molar-refractivity contribution in [3.8, 4) is 0 Å². The van der Waals surface area contributed by atoms with E-state index in [0.717, 1.165) is 30.7 Å². The largest absolute Gasteiger partial charge is 0.380 e. The van der Waals surface area contributed by atoms with Crippen LogP contribution < -0.4 is 5.32 Å². The fourth-order valence-corrected chi connectivity index (χ4v) is 2.19. The van der Waals surface area contributed by atoms with Gasteiger partial charge in [0, 0.05) is 28.9 Å². The van der Waals surface area contributed by atoms with Crippen molar-refractivity contribution in [1.29, 1.82) is 0 Å². The molecule has 0 saturated carbocycles. The molecule has 4 nitrogen and oxygen atoms in total. The fourth-order valence-electron chi connectivity index (χ4n) is 1.44. The summed E-state index contributed by atoms with van der Waals surface area (Å²) >= 11 is 1.44. The van der Waals surface area contributed by atoms with E-state index in [0.29, 0.717) is 0 Å². The number of ether oxygens (including phenoxy) is 1. The quantitative estimate of drug-likeness (QED) is 0.882. The topological polar surface area (TPSA) is 47.0 Å². The fraction of sp³-hybridized carbons (Fsp3) is 0.818. The van der Waals surface area contributed by atoms with Crippen molar-refractivity contribution < 1.29 is 4.74 Å². The second-order valence-electron chi connectivity index (χ2n) is 5.83. The Kier molecular flexibility index (Phi) is 2.92. The molecule has 0 aliphatic carbocycles. The lowest BCUT2D eigenvalue weighted by Gasteiger charge is -2.37. The Morgan fingerprint density at radius 1 is 1.44 bits per heavy atom. The normalized spacial score (nSPS) is 19.2. The van der Waals surface area contributed by atoms with Crippen LogP contribution in [0.1, 0.15) is 33.5 Å². The van der Waals surface area contributed by atoms with E-state index < -0.39 is 0 Å². The van der Waals surface area contributed by atoms with Crippen molar-refractivity contribution in [3.63, 3.8) is 0 Å². The van der Waals surface area contributed by atoms with Crippen molar-refractivity contribution in [1.82, 2.24) is 9.36 Å². The Labute approximate surface area is 101 Å². The lowest BCUT2D eigenvalue weighted by molar-refractivity contribution is -0.0924. The van der Waals surface area contributed by atoms with Crippen LogP contribution in [0, 0.1) is 5.41 Å². The Bertz CT molecular complexity index is 366. The molecule has 1 fully saturated rings. The van der Waals surface area contributed by atoms with E-state index in [1.807, 2.05) is 0 Å². The number of hydrogen-bond donors (Lipinski definition) is 1. The molecule has 2 rings (SSSR count). The highest BCUT2D eigenvalue weighted by molar-refractivity contribution is 7.09. The molecule has 0 spiro atoms. The first-order chi connectivity index (χ1) is 7.39. The predicted octanol–water partition coefficient (Wildman–Crippen LogP) is 2.28. The van der Waals surface area contributed by atoms with Crippen LogP contribution in [0.4, 0.5) is 5.13 Å². The van der Waals surface area contributed by atoms with Crippen LogP contribution in [0.5, 0.6) is 0 Å². The van der Waals surface area contributed by atoms with Gasteiger partial charge in [-0.2, -0.15) is 4.37 Å². The van der Waals surface area contributed by atoms with E-state index in [1.165, 1.54) is 11.5 Å². The molecule has 0 aromatic carbocycles. The summed E-state index contributed by atoms with van der Waals surface area (Å²) in [5.41, 5.74) is 0.299. The Morgan fingerprint density at radius 2 is 2.12 bits per heavy atom. The standard InChI is InChI=1S/C11H19N3OS/c1-10(2,3)8-13-9(16-14-8)12-5-11(4)6-15-7-11/h5-7H2,1-4H3,(H,12,13,14). The molecule has 1 aromatic rings. The van der Waals surface area contributed by atoms with Crippen LogP contribution in [-0.4, -0.2) is 29.1 Å². The second kappa shape index (κ2) is 3.96. The van der Waals surface area contributed by atoms with E-state index in [9.17, 15) is 0 Å². The summed E-state index contributed by atoms with van der Waals surface area (Å²) in [5, 5.41) is 4.26. The van der Waals surface area contributed by atoms with Crippen LogP contribution in [0.2, 0.25) is 0 Å². The lowest BCUT2D eigenvalue weighted by Crippen LogP contribution is -2.45. The highest BCUT2D eigenvalue weighted by Crippen LogP contribution is 2.28. The monoisotopic (exact) mass is 241 g/mol. The van der Waals surface area contributed by atoms with Gasteiger partial charge < -0.3 is 10.1 Å². The summed E-state index contributed by atoms with van der Waals surface area (Å²) in [7, 11) is 0. The van der Waals surface area contributed by atoms with E-state index >= 15 is 0 Å².